The maximum Gasteiger partial charge on any atom is 0.197 e. The molecule has 0 amide bonds. The van der Waals surface area contributed by atoms with Gasteiger partial charge in [-0.05, 0) is 127 Å². The van der Waals surface area contributed by atoms with Crippen LogP contribution in [0.5, 0.6) is 0 Å². The van der Waals surface area contributed by atoms with Crippen LogP contribution in [-0.2, 0) is 0 Å². The van der Waals surface area contributed by atoms with E-state index in [1.807, 2.05) is 146 Å². The summed E-state index contributed by atoms with van der Waals surface area (Å²) in [6, 6.07) is 97.8. The fraction of sp³-hybridized carbons (Fsp3) is 0. The molecule has 90 heavy (non-hydrogen) atoms. The molecule has 0 radical (unpaired) electrons. The highest BCUT2D eigenvalue weighted by atomic mass is 19.1. The molecule has 0 fully saturated rings. The molecule has 6 heterocycles. The van der Waals surface area contributed by atoms with Crippen molar-refractivity contribution in [2.75, 3.05) is 0 Å². The van der Waals surface area contributed by atoms with Crippen LogP contribution >= 0.6 is 0 Å². The van der Waals surface area contributed by atoms with Crippen molar-refractivity contribution in [2.24, 2.45) is 0 Å². The SMILES string of the molecule is [C-]#[N+]c1cc(-n2c3ccc(-c4cccc(-c5ccccc5)n4)cc3c3cc(-c4cccc(-c5ccccc5)n4)ccc32)c(-n2c3ccc(-c4cccc(-c5ccccc5)n4)cc3c3cc(-c4cccc(-c5ccccc5)n4)ccc32)cc1-c1c(F)cccc1F. The first-order valence-corrected chi connectivity index (χ1v) is 29.7. The Labute approximate surface area is 517 Å². The highest BCUT2D eigenvalue weighted by Gasteiger charge is 2.26. The number of benzene rings is 10. The van der Waals surface area contributed by atoms with Crippen molar-refractivity contribution in [1.82, 2.24) is 29.1 Å². The molecule has 0 aliphatic heterocycles. The zero-order valence-corrected chi connectivity index (χ0v) is 48.2. The van der Waals surface area contributed by atoms with E-state index in [1.54, 1.807) is 12.1 Å². The van der Waals surface area contributed by atoms with Gasteiger partial charge in [0.2, 0.25) is 0 Å². The van der Waals surface area contributed by atoms with E-state index in [1.165, 1.54) is 18.2 Å². The predicted molar refractivity (Wildman–Crippen MR) is 361 cm³/mol. The van der Waals surface area contributed by atoms with Gasteiger partial charge in [-0.3, -0.25) is 0 Å². The van der Waals surface area contributed by atoms with Gasteiger partial charge in [0.25, 0.3) is 0 Å². The predicted octanol–water partition coefficient (Wildman–Crippen LogP) is 21.3. The van der Waals surface area contributed by atoms with Gasteiger partial charge in [-0.1, -0.05) is 176 Å². The number of pyridine rings is 4. The molecule has 16 aromatic rings. The van der Waals surface area contributed by atoms with Crippen molar-refractivity contribution in [1.29, 1.82) is 0 Å². The van der Waals surface area contributed by atoms with E-state index in [9.17, 15) is 0 Å². The number of halogens is 2. The lowest BCUT2D eigenvalue weighted by atomic mass is 10.00. The number of hydrogen-bond acceptors (Lipinski definition) is 4. The van der Waals surface area contributed by atoms with Crippen LogP contribution in [0.25, 0.3) is 161 Å². The van der Waals surface area contributed by atoms with Crippen molar-refractivity contribution in [2.45, 2.75) is 0 Å². The summed E-state index contributed by atoms with van der Waals surface area (Å²) >= 11 is 0. The van der Waals surface area contributed by atoms with Gasteiger partial charge < -0.3 is 9.13 Å². The molecule has 0 N–H and O–H groups in total. The molecule has 0 unspecified atom stereocenters. The van der Waals surface area contributed by atoms with Crippen LogP contribution in [0.4, 0.5) is 14.5 Å². The van der Waals surface area contributed by atoms with Crippen LogP contribution in [0.1, 0.15) is 0 Å². The second kappa shape index (κ2) is 22.2. The third-order valence-electron chi connectivity index (χ3n) is 16.9. The molecule has 0 aliphatic rings. The summed E-state index contributed by atoms with van der Waals surface area (Å²) in [6.07, 6.45) is 0. The summed E-state index contributed by atoms with van der Waals surface area (Å²) in [5, 5.41) is 3.64. The Morgan fingerprint density at radius 1 is 0.267 bits per heavy atom. The second-order valence-corrected chi connectivity index (χ2v) is 22.3. The standard InChI is InChI=1S/C81H49F2N7/c1-84-74-50-80(90-77-43-39-57(72-35-17-31-68(87-72)53-23-10-4-11-24-53)47-61(77)62-48-58(40-44-78(62)90)73-36-18-32-69(88-73)54-25-12-5-13-26-54)79(49-63(74)81-64(82)27-14-28-65(81)83)89-75-41-37-55(70-33-15-29-66(85-70)51-19-6-2-7-20-51)45-59(75)60-46-56(38-42-76(60)89)71-34-16-30-67(86-71)52-21-8-3-9-22-52/h2-50H. The van der Waals surface area contributed by atoms with Gasteiger partial charge in [0.05, 0.1) is 85.6 Å². The van der Waals surface area contributed by atoms with Crippen LogP contribution in [-0.4, -0.2) is 29.1 Å². The molecule has 0 bridgehead atoms. The number of nitrogens with zero attached hydrogens (tertiary/aromatic N) is 7. The average Bonchev–Trinajstić information content (AvgIpc) is 1.59. The van der Waals surface area contributed by atoms with Gasteiger partial charge in [-0.2, -0.15) is 0 Å². The Balaban J connectivity index is 0.976. The third-order valence-corrected chi connectivity index (χ3v) is 16.9. The van der Waals surface area contributed by atoms with E-state index in [4.69, 9.17) is 26.5 Å². The number of hydrogen-bond donors (Lipinski definition) is 0. The van der Waals surface area contributed by atoms with E-state index in [-0.39, 0.29) is 16.8 Å². The molecule has 10 aromatic carbocycles. The molecule has 0 saturated heterocycles. The Kier molecular flexibility index (Phi) is 13.2. The van der Waals surface area contributed by atoms with Gasteiger partial charge in [-0.15, -0.1) is 0 Å². The normalized spacial score (nSPS) is 11.4. The van der Waals surface area contributed by atoms with E-state index >= 15 is 8.78 Å². The highest BCUT2D eigenvalue weighted by Crippen LogP contribution is 2.46. The van der Waals surface area contributed by atoms with Crippen LogP contribution in [0.15, 0.2) is 297 Å². The lowest BCUT2D eigenvalue weighted by Crippen LogP contribution is -2.05. The van der Waals surface area contributed by atoms with Crippen molar-refractivity contribution < 1.29 is 8.78 Å². The van der Waals surface area contributed by atoms with E-state index in [2.05, 4.69) is 135 Å². The van der Waals surface area contributed by atoms with Crippen molar-refractivity contribution >= 4 is 49.3 Å². The molecule has 7 nitrogen and oxygen atoms in total. The smallest absolute Gasteiger partial charge is 0.197 e. The first-order chi connectivity index (χ1) is 44.4. The first-order valence-electron chi connectivity index (χ1n) is 29.7. The van der Waals surface area contributed by atoms with Gasteiger partial charge in [0.1, 0.15) is 11.6 Å². The number of rotatable bonds is 11. The van der Waals surface area contributed by atoms with Gasteiger partial charge in [0, 0.05) is 71.6 Å². The van der Waals surface area contributed by atoms with Gasteiger partial charge >= 0.3 is 0 Å². The zero-order chi connectivity index (χ0) is 60.2. The van der Waals surface area contributed by atoms with E-state index in [0.29, 0.717) is 11.4 Å². The molecule has 16 rings (SSSR count). The summed E-state index contributed by atoms with van der Waals surface area (Å²) < 4.78 is 37.4. The monoisotopic (exact) mass is 1160 g/mol. The summed E-state index contributed by atoms with van der Waals surface area (Å²) in [4.78, 5) is 25.0. The second-order valence-electron chi connectivity index (χ2n) is 22.3. The van der Waals surface area contributed by atoms with Crippen molar-refractivity contribution in [3.8, 4) is 113 Å². The minimum Gasteiger partial charge on any atom is -0.308 e. The third kappa shape index (κ3) is 9.44. The van der Waals surface area contributed by atoms with Crippen LogP contribution in [0.2, 0.25) is 0 Å². The molecule has 0 spiro atoms. The molecule has 422 valence electrons. The van der Waals surface area contributed by atoms with E-state index < -0.39 is 11.6 Å². The molecular weight excluding hydrogens is 1110 g/mol. The summed E-state index contributed by atoms with van der Waals surface area (Å²) in [5.41, 5.74) is 18.6. The molecule has 6 aromatic heterocycles. The average molecular weight is 1160 g/mol. The summed E-state index contributed by atoms with van der Waals surface area (Å²) in [5.74, 6) is -1.56. The fourth-order valence-corrected chi connectivity index (χ4v) is 12.6. The minimum atomic E-state index is -0.780. The maximum absolute atomic E-state index is 16.5. The van der Waals surface area contributed by atoms with E-state index in [0.717, 1.165) is 134 Å². The lowest BCUT2D eigenvalue weighted by Gasteiger charge is -2.20. The fourth-order valence-electron chi connectivity index (χ4n) is 12.6. The Hall–Kier alpha value is -12.3. The van der Waals surface area contributed by atoms with Gasteiger partial charge in [-0.25, -0.2) is 33.6 Å². The van der Waals surface area contributed by atoms with Crippen LogP contribution < -0.4 is 0 Å². The first kappa shape index (κ1) is 53.2. The summed E-state index contributed by atoms with van der Waals surface area (Å²) in [7, 11) is 0. The van der Waals surface area contributed by atoms with Crippen LogP contribution in [0, 0.1) is 18.2 Å². The maximum atomic E-state index is 16.5. The number of fused-ring (bicyclic) bond motifs is 6. The Bertz CT molecular complexity index is 5220. The zero-order valence-electron chi connectivity index (χ0n) is 48.2. The molecule has 0 atom stereocenters. The largest absolute Gasteiger partial charge is 0.308 e. The highest BCUT2D eigenvalue weighted by molar-refractivity contribution is 6.14. The number of aromatic nitrogens is 6. The lowest BCUT2D eigenvalue weighted by molar-refractivity contribution is 0.590. The molecule has 9 heteroatoms. The van der Waals surface area contributed by atoms with Crippen molar-refractivity contribution in [3.63, 3.8) is 0 Å². The molecule has 0 saturated carbocycles. The Morgan fingerprint density at radius 2 is 0.533 bits per heavy atom. The molecule has 0 aliphatic carbocycles. The van der Waals surface area contributed by atoms with Gasteiger partial charge in [0.15, 0.2) is 5.69 Å². The van der Waals surface area contributed by atoms with Crippen LogP contribution in [0.3, 0.4) is 0 Å². The molecular formula is C81H49F2N7. The topological polar surface area (TPSA) is 65.8 Å². The Morgan fingerprint density at radius 3 is 0.822 bits per heavy atom. The summed E-state index contributed by atoms with van der Waals surface area (Å²) in [6.45, 7) is 8.82. The van der Waals surface area contributed by atoms with Crippen molar-refractivity contribution in [3.05, 3.63) is 320 Å². The quantitative estimate of drug-likeness (QED) is 0.121. The minimum absolute atomic E-state index is 0.0731.